The molecule has 0 amide bonds. The third-order valence-corrected chi connectivity index (χ3v) is 3.62. The Morgan fingerprint density at radius 3 is 2.55 bits per heavy atom. The van der Waals surface area contributed by atoms with Crippen molar-refractivity contribution in [3.05, 3.63) is 64.4 Å². The van der Waals surface area contributed by atoms with Crippen LogP contribution in [0.15, 0.2) is 42.5 Å². The number of hydrogen-bond acceptors (Lipinski definition) is 2. The van der Waals surface area contributed by atoms with Crippen LogP contribution >= 0.6 is 11.6 Å². The van der Waals surface area contributed by atoms with Crippen molar-refractivity contribution >= 4 is 11.6 Å². The monoisotopic (exact) mass is 294 g/mol. The number of halogens is 2. The van der Waals surface area contributed by atoms with Gasteiger partial charge in [-0.1, -0.05) is 35.9 Å². The molecule has 0 aliphatic heterocycles. The number of ether oxygens (including phenoxy) is 1. The minimum atomic E-state index is -1.28. The van der Waals surface area contributed by atoms with Crippen LogP contribution in [0.25, 0.3) is 0 Å². The van der Waals surface area contributed by atoms with Crippen molar-refractivity contribution in [2.45, 2.75) is 18.9 Å². The molecule has 0 radical (unpaired) electrons. The molecule has 0 fully saturated rings. The molecule has 0 aliphatic rings. The van der Waals surface area contributed by atoms with Crippen LogP contribution in [0.3, 0.4) is 0 Å². The van der Waals surface area contributed by atoms with E-state index in [-0.39, 0.29) is 6.42 Å². The fourth-order valence-corrected chi connectivity index (χ4v) is 2.46. The number of hydrogen-bond donors (Lipinski definition) is 1. The maximum atomic E-state index is 13.9. The number of rotatable bonds is 4. The predicted octanol–water partition coefficient (Wildman–Crippen LogP) is 3.94. The molecule has 0 saturated heterocycles. The van der Waals surface area contributed by atoms with E-state index in [4.69, 9.17) is 16.3 Å². The van der Waals surface area contributed by atoms with E-state index in [1.54, 1.807) is 37.3 Å². The standard InChI is InChI=1S/C16H16ClFO2/c1-16(19,12-6-3-4-9-15(12)20-2)10-11-13(17)7-5-8-14(11)18/h3-9,19H,10H2,1-2H3. The lowest BCUT2D eigenvalue weighted by Gasteiger charge is -2.26. The van der Waals surface area contributed by atoms with Gasteiger partial charge in [-0.25, -0.2) is 4.39 Å². The van der Waals surface area contributed by atoms with Gasteiger partial charge in [0.05, 0.1) is 12.7 Å². The Hall–Kier alpha value is -1.58. The first kappa shape index (κ1) is 14.8. The molecule has 1 atom stereocenters. The Balaban J connectivity index is 2.41. The predicted molar refractivity (Wildman–Crippen MR) is 77.7 cm³/mol. The van der Waals surface area contributed by atoms with Gasteiger partial charge in [0.15, 0.2) is 0 Å². The smallest absolute Gasteiger partial charge is 0.128 e. The minimum Gasteiger partial charge on any atom is -0.496 e. The van der Waals surface area contributed by atoms with E-state index in [0.29, 0.717) is 21.9 Å². The first-order valence-electron chi connectivity index (χ1n) is 6.24. The van der Waals surface area contributed by atoms with Gasteiger partial charge in [0.1, 0.15) is 11.6 Å². The molecule has 2 aromatic carbocycles. The van der Waals surface area contributed by atoms with E-state index in [1.807, 2.05) is 6.07 Å². The normalized spacial score (nSPS) is 13.8. The number of benzene rings is 2. The summed E-state index contributed by atoms with van der Waals surface area (Å²) in [6.07, 6.45) is 0.0683. The van der Waals surface area contributed by atoms with Crippen LogP contribution < -0.4 is 4.74 Å². The molecule has 106 valence electrons. The number of aliphatic hydroxyl groups is 1. The van der Waals surface area contributed by atoms with Crippen molar-refractivity contribution in [3.63, 3.8) is 0 Å². The van der Waals surface area contributed by atoms with E-state index < -0.39 is 11.4 Å². The summed E-state index contributed by atoms with van der Waals surface area (Å²) in [6, 6.07) is 11.6. The van der Waals surface area contributed by atoms with E-state index >= 15 is 0 Å². The van der Waals surface area contributed by atoms with Gasteiger partial charge in [-0.2, -0.15) is 0 Å². The van der Waals surface area contributed by atoms with Crippen molar-refractivity contribution in [2.24, 2.45) is 0 Å². The average molecular weight is 295 g/mol. The molecule has 0 aliphatic carbocycles. The SMILES string of the molecule is COc1ccccc1C(C)(O)Cc1c(F)cccc1Cl. The van der Waals surface area contributed by atoms with Gasteiger partial charge >= 0.3 is 0 Å². The van der Waals surface area contributed by atoms with Gasteiger partial charge in [0.25, 0.3) is 0 Å². The molecular formula is C16H16ClFO2. The summed E-state index contributed by atoms with van der Waals surface area (Å²) < 4.78 is 19.1. The third kappa shape index (κ3) is 2.94. The number of methoxy groups -OCH3 is 1. The van der Waals surface area contributed by atoms with Gasteiger partial charge in [-0.3, -0.25) is 0 Å². The lowest BCUT2D eigenvalue weighted by atomic mass is 9.88. The Bertz CT molecular complexity index is 591. The van der Waals surface area contributed by atoms with E-state index in [2.05, 4.69) is 0 Å². The maximum absolute atomic E-state index is 13.9. The van der Waals surface area contributed by atoms with Crippen molar-refractivity contribution in [1.82, 2.24) is 0 Å². The van der Waals surface area contributed by atoms with Crippen LogP contribution in [0.4, 0.5) is 4.39 Å². The summed E-state index contributed by atoms with van der Waals surface area (Å²) in [7, 11) is 1.53. The van der Waals surface area contributed by atoms with Crippen LogP contribution in [0.5, 0.6) is 5.75 Å². The zero-order valence-corrected chi connectivity index (χ0v) is 12.1. The molecule has 2 aromatic rings. The molecule has 0 heterocycles. The van der Waals surface area contributed by atoms with E-state index in [1.165, 1.54) is 13.2 Å². The molecule has 4 heteroatoms. The highest BCUT2D eigenvalue weighted by molar-refractivity contribution is 6.31. The first-order valence-corrected chi connectivity index (χ1v) is 6.62. The summed E-state index contributed by atoms with van der Waals surface area (Å²) in [5.74, 6) is 0.137. The highest BCUT2D eigenvalue weighted by Crippen LogP contribution is 2.34. The highest BCUT2D eigenvalue weighted by Gasteiger charge is 2.29. The van der Waals surface area contributed by atoms with Gasteiger partial charge < -0.3 is 9.84 Å². The summed E-state index contributed by atoms with van der Waals surface area (Å²) >= 11 is 6.01. The molecule has 2 rings (SSSR count). The lowest BCUT2D eigenvalue weighted by molar-refractivity contribution is 0.0541. The quantitative estimate of drug-likeness (QED) is 0.925. The van der Waals surface area contributed by atoms with Gasteiger partial charge in [0, 0.05) is 22.6 Å². The molecule has 1 unspecified atom stereocenters. The molecular weight excluding hydrogens is 279 g/mol. The van der Waals surface area contributed by atoms with Crippen molar-refractivity contribution in [2.75, 3.05) is 7.11 Å². The molecule has 1 N–H and O–H groups in total. The summed E-state index contributed by atoms with van der Waals surface area (Å²) in [5.41, 5.74) is -0.384. The second-order valence-electron chi connectivity index (χ2n) is 4.85. The van der Waals surface area contributed by atoms with Gasteiger partial charge in [0.2, 0.25) is 0 Å². The van der Waals surface area contributed by atoms with Crippen molar-refractivity contribution < 1.29 is 14.2 Å². The van der Waals surface area contributed by atoms with Gasteiger partial charge in [-0.15, -0.1) is 0 Å². The van der Waals surface area contributed by atoms with E-state index in [0.717, 1.165) is 0 Å². The Morgan fingerprint density at radius 1 is 1.20 bits per heavy atom. The second kappa shape index (κ2) is 5.81. The fourth-order valence-electron chi connectivity index (χ4n) is 2.23. The van der Waals surface area contributed by atoms with Crippen LogP contribution in [0, 0.1) is 5.82 Å². The van der Waals surface area contributed by atoms with Crippen molar-refractivity contribution in [3.8, 4) is 5.75 Å². The minimum absolute atomic E-state index is 0.0683. The maximum Gasteiger partial charge on any atom is 0.128 e. The van der Waals surface area contributed by atoms with Crippen LogP contribution in [0.2, 0.25) is 5.02 Å². The second-order valence-corrected chi connectivity index (χ2v) is 5.26. The number of para-hydroxylation sites is 1. The topological polar surface area (TPSA) is 29.5 Å². The first-order chi connectivity index (χ1) is 9.45. The largest absolute Gasteiger partial charge is 0.496 e. The Morgan fingerprint density at radius 2 is 1.90 bits per heavy atom. The zero-order valence-electron chi connectivity index (χ0n) is 11.4. The van der Waals surface area contributed by atoms with Crippen LogP contribution in [-0.4, -0.2) is 12.2 Å². The average Bonchev–Trinajstić information content (AvgIpc) is 2.43. The Kier molecular flexibility index (Phi) is 4.31. The highest BCUT2D eigenvalue weighted by atomic mass is 35.5. The zero-order chi connectivity index (χ0) is 14.8. The molecule has 0 spiro atoms. The third-order valence-electron chi connectivity index (χ3n) is 3.27. The van der Waals surface area contributed by atoms with Crippen molar-refractivity contribution in [1.29, 1.82) is 0 Å². The lowest BCUT2D eigenvalue weighted by Crippen LogP contribution is -2.25. The summed E-state index contributed by atoms with van der Waals surface area (Å²) in [5, 5.41) is 11.0. The summed E-state index contributed by atoms with van der Waals surface area (Å²) in [4.78, 5) is 0. The van der Waals surface area contributed by atoms with E-state index in [9.17, 15) is 9.50 Å². The molecule has 0 saturated carbocycles. The molecule has 0 bridgehead atoms. The molecule has 2 nitrogen and oxygen atoms in total. The Labute approximate surface area is 122 Å². The molecule has 0 aromatic heterocycles. The van der Waals surface area contributed by atoms with Gasteiger partial charge in [-0.05, 0) is 25.1 Å². The summed E-state index contributed by atoms with van der Waals surface area (Å²) in [6.45, 7) is 1.62. The fraction of sp³-hybridized carbons (Fsp3) is 0.250. The molecule has 20 heavy (non-hydrogen) atoms. The van der Waals surface area contributed by atoms with Crippen LogP contribution in [-0.2, 0) is 12.0 Å². The van der Waals surface area contributed by atoms with Crippen LogP contribution in [0.1, 0.15) is 18.1 Å².